The number of carbonyl (C=O) groups excluding carboxylic acids is 1. The molecule has 0 unspecified atom stereocenters. The van der Waals surface area contributed by atoms with Gasteiger partial charge in [-0.25, -0.2) is 0 Å². The summed E-state index contributed by atoms with van der Waals surface area (Å²) in [5.74, 6) is -2.59. The lowest BCUT2D eigenvalue weighted by Crippen LogP contribution is -2.48. The number of piperidine rings is 1. The smallest absolute Gasteiger partial charge is 0.237 e. The molecule has 1 heterocycles. The van der Waals surface area contributed by atoms with E-state index >= 15 is 4.79 Å². The van der Waals surface area contributed by atoms with Crippen molar-refractivity contribution in [1.82, 2.24) is 9.80 Å². The van der Waals surface area contributed by atoms with Crippen LogP contribution >= 0.6 is 11.6 Å². The summed E-state index contributed by atoms with van der Waals surface area (Å²) in [5, 5.41) is 11.9. The van der Waals surface area contributed by atoms with Gasteiger partial charge in [0, 0.05) is 53.9 Å². The zero-order valence-corrected chi connectivity index (χ0v) is 17.9. The Kier molecular flexibility index (Phi) is 2.40. The fourth-order valence-electron chi connectivity index (χ4n) is 3.15. The summed E-state index contributed by atoms with van der Waals surface area (Å²) in [6.07, 6.45) is -10.9. The molecule has 0 radical (unpaired) electrons. The van der Waals surface area contributed by atoms with Gasteiger partial charge < -0.3 is 14.9 Å². The summed E-state index contributed by atoms with van der Waals surface area (Å²) in [6, 6.07) is -10.9. The maximum absolute atomic E-state index is 15.3. The molecule has 1 saturated heterocycles. The van der Waals surface area contributed by atoms with Gasteiger partial charge in [-0.3, -0.25) is 4.79 Å². The summed E-state index contributed by atoms with van der Waals surface area (Å²) < 4.78 is 224. The number of carbonyl (C=O) groups is 1. The third kappa shape index (κ3) is 4.90. The van der Waals surface area contributed by atoms with Crippen LogP contribution in [0.4, 0.5) is 0 Å². The third-order valence-electron chi connectivity index (χ3n) is 4.88. The molecule has 0 atom stereocenters. The van der Waals surface area contributed by atoms with E-state index in [2.05, 4.69) is 0 Å². The standard InChI is InChI=1S/C29H33ClN2O2/c1-31(2)27(33)29(24-9-5-3-6-10-24,25-11-7-4-8-12-25)19-22-32-20-17-28(34,18-21-32)23-13-15-26(30)16-14-23/h3-16,34H,17-22H2,1-2H3/i1D3,2D3,3D,4D,5D,6D,7D,8D,9D,10D,11D,12D,17D2,18D2,20D2,21D2,22D2. The second-order valence-electron chi connectivity index (χ2n) is 6.91. The second kappa shape index (κ2) is 10.3. The molecule has 3 aromatic rings. The minimum absolute atomic E-state index is 0.0623. The normalized spacial score (nSPS) is 34.4. The van der Waals surface area contributed by atoms with Gasteiger partial charge in [0.15, 0.2) is 0 Å². The van der Waals surface area contributed by atoms with Crippen LogP contribution < -0.4 is 0 Å². The SMILES string of the molecule is [2H]c1c([2H])c([2H])c(C(CC([2H])([2H])N2C([2H])([2H])C([2H])([2H])C(O)(c3ccc(Cl)cc3)C([2H])([2H])C2([2H])[2H])(C(=O)N(C([2H])([2H])[2H])C([2H])([2H])[2H])c2c([2H])c([2H])c([2H])c([2H])c2[2H])c([2H])c1[2H]. The van der Waals surface area contributed by atoms with Gasteiger partial charge in [-0.05, 0) is 54.5 Å². The van der Waals surface area contributed by atoms with E-state index in [4.69, 9.17) is 44.5 Å². The van der Waals surface area contributed by atoms with Gasteiger partial charge >= 0.3 is 0 Å². The van der Waals surface area contributed by atoms with Crippen LogP contribution in [0.25, 0.3) is 0 Å². The highest BCUT2D eigenvalue weighted by Gasteiger charge is 2.43. The van der Waals surface area contributed by atoms with E-state index in [1.807, 2.05) is 0 Å². The van der Waals surface area contributed by atoms with Crippen molar-refractivity contribution in [2.24, 2.45) is 0 Å². The molecule has 5 heteroatoms. The van der Waals surface area contributed by atoms with Gasteiger partial charge in [0.25, 0.3) is 0 Å². The molecule has 4 nitrogen and oxygen atoms in total. The Bertz CT molecular complexity index is 2070. The van der Waals surface area contributed by atoms with Gasteiger partial charge in [-0.2, -0.15) is 0 Å². The monoisotopic (exact) mass is 502 g/mol. The molecule has 3 aromatic carbocycles. The number of hydrogen-bond acceptors (Lipinski definition) is 3. The molecule has 0 bridgehead atoms. The molecule has 4 rings (SSSR count). The van der Waals surface area contributed by atoms with Gasteiger partial charge in [0.05, 0.1) is 19.3 Å². The topological polar surface area (TPSA) is 43.8 Å². The van der Waals surface area contributed by atoms with Crippen molar-refractivity contribution in [3.8, 4) is 0 Å². The first kappa shape index (κ1) is 7.92. The number of likely N-dealkylation sites (tertiary alicyclic amines) is 1. The van der Waals surface area contributed by atoms with Gasteiger partial charge in [-0.1, -0.05) is 84.2 Å². The van der Waals surface area contributed by atoms with E-state index in [0.717, 1.165) is 24.3 Å². The Hall–Kier alpha value is -2.66. The number of halogens is 1. The Morgan fingerprint density at radius 1 is 1.09 bits per heavy atom. The Balaban J connectivity index is 2.36. The molecule has 0 aliphatic carbocycles. The molecule has 1 aliphatic heterocycles. The van der Waals surface area contributed by atoms with Crippen LogP contribution in [0.1, 0.15) is 71.5 Å². The molecule has 1 amide bonds. The zero-order valence-electron chi connectivity index (χ0n) is 43.1. The fourth-order valence-corrected chi connectivity index (χ4v) is 3.28. The quantitative estimate of drug-likeness (QED) is 0.489. The highest BCUT2D eigenvalue weighted by molar-refractivity contribution is 6.30. The molecule has 0 saturated carbocycles. The fraction of sp³-hybridized carbons (Fsp3) is 0.345. The Morgan fingerprint density at radius 3 is 2.12 bits per heavy atom. The lowest BCUT2D eigenvalue weighted by atomic mass is 9.70. The first-order chi connectivity index (χ1) is 26.7. The van der Waals surface area contributed by atoms with E-state index in [1.165, 1.54) is 0 Å². The van der Waals surface area contributed by atoms with Crippen molar-refractivity contribution in [2.75, 3.05) is 33.4 Å². The summed E-state index contributed by atoms with van der Waals surface area (Å²) in [6.45, 7) is -21.6. The van der Waals surface area contributed by atoms with Crippen LogP contribution in [0.5, 0.6) is 0 Å². The number of hydrogen-bond donors (Lipinski definition) is 1. The molecule has 178 valence electrons. The number of rotatable bonds is 7. The predicted octanol–water partition coefficient (Wildman–Crippen LogP) is 5.09. The van der Waals surface area contributed by atoms with E-state index in [-0.39, 0.29) is 5.02 Å². The van der Waals surface area contributed by atoms with Gasteiger partial charge in [-0.15, -0.1) is 0 Å². The van der Waals surface area contributed by atoms with Gasteiger partial charge in [0.2, 0.25) is 5.91 Å². The zero-order chi connectivity index (χ0) is 46.9. The summed E-state index contributed by atoms with van der Waals surface area (Å²) in [4.78, 5) is 13.5. The highest BCUT2D eigenvalue weighted by Crippen LogP contribution is 2.39. The maximum Gasteiger partial charge on any atom is 0.237 e. The number of amides is 1. The third-order valence-corrected chi connectivity index (χ3v) is 5.14. The number of benzene rings is 3. The number of likely N-dealkylation sites (N-methyl/N-ethyl adjacent to an activating group) is 1. The summed E-state index contributed by atoms with van der Waals surface area (Å²) in [5.41, 5.74) is -12.3. The lowest BCUT2D eigenvalue weighted by molar-refractivity contribution is -0.133. The average molecular weight is 503 g/mol. The number of nitrogens with zero attached hydrogens (tertiary/aromatic N) is 2. The maximum atomic E-state index is 15.3. The van der Waals surface area contributed by atoms with E-state index in [0.29, 0.717) is 0 Å². The molecule has 1 aliphatic rings. The largest absolute Gasteiger partial charge is 0.385 e. The van der Waals surface area contributed by atoms with Crippen molar-refractivity contribution in [2.45, 2.75) is 30.2 Å². The molecule has 0 spiro atoms. The highest BCUT2D eigenvalue weighted by atomic mass is 35.5. The molecular formula is C29H33ClN2O2. The van der Waals surface area contributed by atoms with Crippen molar-refractivity contribution in [1.29, 1.82) is 0 Å². The minimum atomic E-state index is -4.41. The van der Waals surface area contributed by atoms with Crippen LogP contribution in [0.2, 0.25) is 5.02 Å². The second-order valence-corrected chi connectivity index (χ2v) is 7.34. The van der Waals surface area contributed by atoms with Crippen LogP contribution in [0.3, 0.4) is 0 Å². The Morgan fingerprint density at radius 2 is 1.62 bits per heavy atom. The van der Waals surface area contributed by atoms with E-state index < -0.39 is 156 Å². The average Bonchev–Trinajstić information content (AvgIpc) is 3.08. The molecule has 1 N–H and O–H groups in total. The van der Waals surface area contributed by atoms with Crippen molar-refractivity contribution in [3.05, 3.63) is 106 Å². The first-order valence-electron chi connectivity index (χ1n) is 22.5. The van der Waals surface area contributed by atoms with Crippen LogP contribution in [-0.2, 0) is 15.8 Å². The molecular weight excluding hydrogens is 444 g/mol. The van der Waals surface area contributed by atoms with Crippen molar-refractivity contribution < 1.29 is 45.5 Å². The van der Waals surface area contributed by atoms with Crippen molar-refractivity contribution in [3.63, 3.8) is 0 Å². The lowest BCUT2D eigenvalue weighted by Gasteiger charge is -2.41. The van der Waals surface area contributed by atoms with E-state index in [1.54, 1.807) is 0 Å². The molecule has 34 heavy (non-hydrogen) atoms. The minimum Gasteiger partial charge on any atom is -0.385 e. The first-order valence-corrected chi connectivity index (χ1v) is 9.86. The van der Waals surface area contributed by atoms with Gasteiger partial charge in [0.1, 0.15) is 5.41 Å². The Labute approximate surface area is 244 Å². The van der Waals surface area contributed by atoms with Crippen LogP contribution in [0, 0.1) is 0 Å². The molecule has 1 fully saturated rings. The molecule has 0 aromatic heterocycles. The van der Waals surface area contributed by atoms with Crippen LogP contribution in [0.15, 0.2) is 84.7 Å². The summed E-state index contributed by atoms with van der Waals surface area (Å²) in [7, 11) is 0. The predicted molar refractivity (Wildman–Crippen MR) is 138 cm³/mol. The van der Waals surface area contributed by atoms with E-state index in [9.17, 15) is 7.85 Å². The van der Waals surface area contributed by atoms with Crippen LogP contribution in [-0.4, -0.2) is 54.3 Å². The number of aliphatic hydroxyl groups is 1. The van der Waals surface area contributed by atoms with Crippen molar-refractivity contribution >= 4 is 17.5 Å². The summed E-state index contributed by atoms with van der Waals surface area (Å²) >= 11 is 5.90.